The van der Waals surface area contributed by atoms with Crippen LogP contribution >= 0.6 is 0 Å². The second-order valence-electron chi connectivity index (χ2n) is 5.10. The minimum Gasteiger partial charge on any atom is -0.439 e. The summed E-state index contributed by atoms with van der Waals surface area (Å²) in [7, 11) is 0. The summed E-state index contributed by atoms with van der Waals surface area (Å²) in [5, 5.41) is 0. The number of H-pyrrole nitrogens is 2. The Morgan fingerprint density at radius 3 is 2.91 bits per heavy atom. The summed E-state index contributed by atoms with van der Waals surface area (Å²) in [5.74, 6) is 2.13. The molecule has 0 radical (unpaired) electrons. The van der Waals surface area contributed by atoms with Crippen LogP contribution in [0.5, 0.6) is 11.6 Å². The van der Waals surface area contributed by atoms with Crippen LogP contribution in [0.2, 0.25) is 0 Å². The third-order valence-corrected chi connectivity index (χ3v) is 3.41. The number of hydrogen-bond donors (Lipinski definition) is 2. The zero-order valence-electron chi connectivity index (χ0n) is 12.0. The van der Waals surface area contributed by atoms with Crippen LogP contribution in [0.15, 0.2) is 54.9 Å². The lowest BCUT2D eigenvalue weighted by atomic mass is 10.2. The Bertz CT molecular complexity index is 938. The van der Waals surface area contributed by atoms with Crippen molar-refractivity contribution in [3.63, 3.8) is 0 Å². The first-order chi connectivity index (χ1) is 10.8. The van der Waals surface area contributed by atoms with Crippen LogP contribution in [0.4, 0.5) is 0 Å². The number of benzene rings is 1. The summed E-state index contributed by atoms with van der Waals surface area (Å²) in [4.78, 5) is 15.1. The van der Waals surface area contributed by atoms with E-state index in [1.54, 1.807) is 0 Å². The van der Waals surface area contributed by atoms with Gasteiger partial charge in [0.05, 0.1) is 11.0 Å². The molecular formula is C17H14N4O. The van der Waals surface area contributed by atoms with Gasteiger partial charge in [0.1, 0.15) is 11.6 Å². The fourth-order valence-corrected chi connectivity index (χ4v) is 2.36. The van der Waals surface area contributed by atoms with Crippen LogP contribution in [-0.2, 0) is 0 Å². The van der Waals surface area contributed by atoms with Gasteiger partial charge in [-0.15, -0.1) is 0 Å². The van der Waals surface area contributed by atoms with Crippen LogP contribution in [0.3, 0.4) is 0 Å². The highest BCUT2D eigenvalue weighted by Gasteiger charge is 2.05. The quantitative estimate of drug-likeness (QED) is 0.598. The van der Waals surface area contributed by atoms with E-state index >= 15 is 0 Å². The Balaban J connectivity index is 1.65. The molecule has 108 valence electrons. The number of rotatable bonds is 3. The Labute approximate surface area is 127 Å². The van der Waals surface area contributed by atoms with Gasteiger partial charge in [0, 0.05) is 29.7 Å². The van der Waals surface area contributed by atoms with Gasteiger partial charge < -0.3 is 14.7 Å². The van der Waals surface area contributed by atoms with Crippen LogP contribution in [0.1, 0.15) is 5.69 Å². The summed E-state index contributed by atoms with van der Waals surface area (Å²) >= 11 is 0. The van der Waals surface area contributed by atoms with E-state index in [-0.39, 0.29) is 0 Å². The first-order valence-electron chi connectivity index (χ1n) is 7.02. The van der Waals surface area contributed by atoms with Crippen molar-refractivity contribution in [3.05, 3.63) is 60.6 Å². The zero-order chi connectivity index (χ0) is 14.9. The molecule has 0 amide bonds. The predicted octanol–water partition coefficient (Wildman–Crippen LogP) is 4.05. The number of nitrogens with zero attached hydrogens (tertiary/aromatic N) is 2. The highest BCUT2D eigenvalue weighted by molar-refractivity contribution is 5.75. The summed E-state index contributed by atoms with van der Waals surface area (Å²) in [6.45, 7) is 1.98. The van der Waals surface area contributed by atoms with Gasteiger partial charge in [-0.3, -0.25) is 0 Å². The van der Waals surface area contributed by atoms with Gasteiger partial charge in [-0.1, -0.05) is 12.1 Å². The highest BCUT2D eigenvalue weighted by atomic mass is 16.5. The molecule has 0 saturated carbocycles. The van der Waals surface area contributed by atoms with Crippen molar-refractivity contribution in [2.75, 3.05) is 0 Å². The van der Waals surface area contributed by atoms with Gasteiger partial charge in [-0.25, -0.2) is 9.97 Å². The first kappa shape index (κ1) is 12.6. The topological polar surface area (TPSA) is 66.6 Å². The number of hydrogen-bond acceptors (Lipinski definition) is 3. The number of aromatic nitrogens is 4. The van der Waals surface area contributed by atoms with Gasteiger partial charge in [-0.2, -0.15) is 0 Å². The van der Waals surface area contributed by atoms with E-state index in [4.69, 9.17) is 4.74 Å². The lowest BCUT2D eigenvalue weighted by Crippen LogP contribution is -1.89. The van der Waals surface area contributed by atoms with Gasteiger partial charge in [0.15, 0.2) is 0 Å². The van der Waals surface area contributed by atoms with E-state index in [9.17, 15) is 0 Å². The van der Waals surface area contributed by atoms with Crippen molar-refractivity contribution >= 4 is 11.0 Å². The Morgan fingerprint density at radius 2 is 2.05 bits per heavy atom. The van der Waals surface area contributed by atoms with Gasteiger partial charge in [-0.05, 0) is 31.2 Å². The van der Waals surface area contributed by atoms with Crippen LogP contribution in [0.25, 0.3) is 22.4 Å². The molecule has 0 aliphatic rings. The van der Waals surface area contributed by atoms with Crippen molar-refractivity contribution in [1.82, 2.24) is 19.9 Å². The van der Waals surface area contributed by atoms with Crippen LogP contribution in [0, 0.1) is 6.92 Å². The normalized spacial score (nSPS) is 11.0. The largest absolute Gasteiger partial charge is 0.439 e. The zero-order valence-corrected chi connectivity index (χ0v) is 12.0. The maximum Gasteiger partial charge on any atom is 0.219 e. The molecule has 0 spiro atoms. The second-order valence-corrected chi connectivity index (χ2v) is 5.10. The maximum absolute atomic E-state index is 5.86. The second kappa shape index (κ2) is 5.04. The molecule has 3 aromatic heterocycles. The fraction of sp³-hybridized carbons (Fsp3) is 0.0588. The van der Waals surface area contributed by atoms with Crippen LogP contribution < -0.4 is 4.74 Å². The predicted molar refractivity (Wildman–Crippen MR) is 84.9 cm³/mol. The molecule has 0 aliphatic heterocycles. The standard InChI is InChI=1S/C17H14N4O/c1-11-10-19-17(20-11)12-3-2-4-13(9-12)22-16-6-5-14-15(21-16)7-8-18-14/h2-10,18H,1H3,(H,19,20). The lowest BCUT2D eigenvalue weighted by molar-refractivity contribution is 0.465. The minimum atomic E-state index is 0.569. The number of pyridine rings is 1. The van der Waals surface area contributed by atoms with Crippen molar-refractivity contribution in [1.29, 1.82) is 0 Å². The summed E-state index contributed by atoms with van der Waals surface area (Å²) in [6.07, 6.45) is 3.67. The smallest absolute Gasteiger partial charge is 0.219 e. The average Bonchev–Trinajstić information content (AvgIpc) is 3.16. The van der Waals surface area contributed by atoms with Crippen molar-refractivity contribution in [2.24, 2.45) is 0 Å². The fourth-order valence-electron chi connectivity index (χ4n) is 2.36. The molecule has 5 heteroatoms. The number of imidazole rings is 1. The highest BCUT2D eigenvalue weighted by Crippen LogP contribution is 2.26. The molecule has 22 heavy (non-hydrogen) atoms. The van der Waals surface area contributed by atoms with E-state index in [1.807, 2.05) is 61.8 Å². The Kier molecular flexibility index (Phi) is 2.89. The molecule has 0 atom stereocenters. The van der Waals surface area contributed by atoms with E-state index < -0.39 is 0 Å². The molecule has 4 rings (SSSR count). The van der Waals surface area contributed by atoms with E-state index in [2.05, 4.69) is 19.9 Å². The Morgan fingerprint density at radius 1 is 1.09 bits per heavy atom. The lowest BCUT2D eigenvalue weighted by Gasteiger charge is -2.06. The third-order valence-electron chi connectivity index (χ3n) is 3.41. The summed E-state index contributed by atoms with van der Waals surface area (Å²) < 4.78 is 5.86. The van der Waals surface area contributed by atoms with Gasteiger partial charge in [0.25, 0.3) is 0 Å². The monoisotopic (exact) mass is 290 g/mol. The SMILES string of the molecule is Cc1cnc(-c2cccc(Oc3ccc4[nH]ccc4n3)c2)[nH]1. The van der Waals surface area contributed by atoms with Gasteiger partial charge in [0.2, 0.25) is 5.88 Å². The molecular weight excluding hydrogens is 276 g/mol. The van der Waals surface area contributed by atoms with Gasteiger partial charge >= 0.3 is 0 Å². The number of ether oxygens (including phenoxy) is 1. The minimum absolute atomic E-state index is 0.569. The number of aryl methyl sites for hydroxylation is 1. The number of fused-ring (bicyclic) bond motifs is 1. The van der Waals surface area contributed by atoms with Crippen molar-refractivity contribution in [3.8, 4) is 23.0 Å². The van der Waals surface area contributed by atoms with E-state index in [1.165, 1.54) is 0 Å². The average molecular weight is 290 g/mol. The first-order valence-corrected chi connectivity index (χ1v) is 7.02. The molecule has 0 unspecified atom stereocenters. The third kappa shape index (κ3) is 2.33. The maximum atomic E-state index is 5.86. The summed E-state index contributed by atoms with van der Waals surface area (Å²) in [5.41, 5.74) is 3.89. The molecule has 2 N–H and O–H groups in total. The number of nitrogens with one attached hydrogen (secondary N) is 2. The molecule has 0 bridgehead atoms. The Hall–Kier alpha value is -3.08. The molecule has 0 aliphatic carbocycles. The molecule has 0 saturated heterocycles. The molecule has 5 nitrogen and oxygen atoms in total. The molecule has 1 aromatic carbocycles. The summed E-state index contributed by atoms with van der Waals surface area (Å²) in [6, 6.07) is 13.5. The van der Waals surface area contributed by atoms with Crippen LogP contribution in [-0.4, -0.2) is 19.9 Å². The molecule has 0 fully saturated rings. The van der Waals surface area contributed by atoms with Crippen molar-refractivity contribution in [2.45, 2.75) is 6.92 Å². The number of aromatic amines is 2. The molecule has 4 aromatic rings. The van der Waals surface area contributed by atoms with E-state index in [0.29, 0.717) is 5.88 Å². The van der Waals surface area contributed by atoms with E-state index in [0.717, 1.165) is 33.9 Å². The van der Waals surface area contributed by atoms with Crippen molar-refractivity contribution < 1.29 is 4.74 Å². The molecule has 3 heterocycles.